The van der Waals surface area contributed by atoms with Gasteiger partial charge >= 0.3 is 0 Å². The van der Waals surface area contributed by atoms with E-state index < -0.39 is 108 Å². The normalized spacial score (nSPS) is 19.0. The number of fused-ring (bicyclic) bond motifs is 2. The minimum Gasteiger partial charge on any atom is -0.391 e. The topological polar surface area (TPSA) is 350 Å². The summed E-state index contributed by atoms with van der Waals surface area (Å²) in [6.45, 7) is -0.609. The number of primary amides is 2. The fourth-order valence-electron chi connectivity index (χ4n) is 8.74. The van der Waals surface area contributed by atoms with Crippen molar-refractivity contribution in [1.29, 1.82) is 0 Å². The Morgan fingerprint density at radius 1 is 0.681 bits per heavy atom. The van der Waals surface area contributed by atoms with Gasteiger partial charge in [-0.05, 0) is 42.5 Å². The molecule has 0 bridgehead atoms. The number of β-amino-alcohol motifs (C(OH)–C–C–N with tert-alkyl or cyclic N) is 1. The lowest BCUT2D eigenvalue weighted by atomic mass is 10.0. The van der Waals surface area contributed by atoms with E-state index in [1.807, 2.05) is 42.5 Å². The van der Waals surface area contributed by atoms with Gasteiger partial charge in [-0.25, -0.2) is 0 Å². The molecule has 2 fully saturated rings. The predicted molar refractivity (Wildman–Crippen MR) is 259 cm³/mol. The summed E-state index contributed by atoms with van der Waals surface area (Å²) in [7, 11) is 0. The number of H-pyrrole nitrogens is 2. The summed E-state index contributed by atoms with van der Waals surface area (Å²) in [6, 6.07) is 5.65. The fraction of sp³-hybridized carbons (Fsp3) is 0.444. The standard InChI is InChI=1S/C45H58N12O10S2/c46-17-38(60)51-34(22-69)45(67)57-20-25(58)16-36(57)43(65)54-31(14-23-18-49-28-8-3-1-6-26(23)28)40(62)52-30(11-12-37(47)59)44(66)56-13-5-10-35(56)42(64)53-32(41(63)55-33(21-68)39(48)61)15-24-19-50-29-9-4-2-7-27(24)29/h1-4,6-9,18-19,25,30-36,49-50,58,68-69H,5,10-17,20-22,46H2,(H2,47,59)(H2,48,61)(H,51,60)(H,52,62)(H,53,64)(H,54,65)(H,55,63)/t25-,30+,31-,32+,33+,34+,35+,36+/m1/s1. The monoisotopic (exact) mass is 990 g/mol. The van der Waals surface area contributed by atoms with Crippen LogP contribution >= 0.6 is 25.3 Å². The summed E-state index contributed by atoms with van der Waals surface area (Å²) < 4.78 is 0. The zero-order valence-corrected chi connectivity index (χ0v) is 39.3. The Morgan fingerprint density at radius 2 is 1.20 bits per heavy atom. The Bertz CT molecular complexity index is 2570. The Balaban J connectivity index is 1.25. The van der Waals surface area contributed by atoms with E-state index in [0.29, 0.717) is 17.5 Å². The van der Waals surface area contributed by atoms with Gasteiger partial charge in [-0.3, -0.25) is 43.2 Å². The van der Waals surface area contributed by atoms with Crippen LogP contribution in [0.4, 0.5) is 0 Å². The first-order valence-corrected chi connectivity index (χ1v) is 23.7. The van der Waals surface area contributed by atoms with Crippen molar-refractivity contribution in [1.82, 2.24) is 46.4 Å². The first kappa shape index (κ1) is 51.8. The first-order chi connectivity index (χ1) is 33.0. The summed E-state index contributed by atoms with van der Waals surface area (Å²) in [5.41, 5.74) is 19.2. The number of aliphatic hydroxyl groups is 1. The molecule has 0 aliphatic carbocycles. The molecule has 2 saturated heterocycles. The Labute approximate surface area is 407 Å². The van der Waals surface area contributed by atoms with Crippen LogP contribution in [0.1, 0.15) is 43.2 Å². The van der Waals surface area contributed by atoms with Crippen molar-refractivity contribution in [2.75, 3.05) is 31.1 Å². The molecule has 22 nitrogen and oxygen atoms in total. The van der Waals surface area contributed by atoms with Crippen LogP contribution in [0.2, 0.25) is 0 Å². The SMILES string of the molecule is NCC(=O)N[C@@H](CS)C(=O)N1C[C@H](O)C[C@H]1C(=O)N[C@H](Cc1c[nH]c2ccccc12)C(=O)N[C@@H](CCC(N)=O)C(=O)N1CCC[C@H]1C(=O)N[C@@H](Cc1c[nH]c2ccccc12)C(=O)N[C@@H](CS)C(N)=O. The number of hydrogen-bond donors (Lipinski definition) is 13. The van der Waals surface area contributed by atoms with E-state index in [2.05, 4.69) is 61.8 Å². The smallest absolute Gasteiger partial charge is 0.246 e. The number of benzene rings is 2. The third-order valence-electron chi connectivity index (χ3n) is 12.3. The number of nitrogens with one attached hydrogen (secondary N) is 7. The molecule has 0 unspecified atom stereocenters. The Kier molecular flexibility index (Phi) is 17.7. The Hall–Kier alpha value is -6.63. The van der Waals surface area contributed by atoms with Gasteiger partial charge in [0, 0.05) is 84.5 Å². The molecular weight excluding hydrogens is 933 g/mol. The molecule has 0 spiro atoms. The number of thiol groups is 2. The van der Waals surface area contributed by atoms with Crippen molar-refractivity contribution < 1.29 is 48.3 Å². The predicted octanol–water partition coefficient (Wildman–Crippen LogP) is -2.62. The molecule has 4 aromatic rings. The van der Waals surface area contributed by atoms with Gasteiger partial charge in [-0.1, -0.05) is 36.4 Å². The van der Waals surface area contributed by atoms with E-state index in [0.717, 1.165) is 26.7 Å². The zero-order chi connectivity index (χ0) is 49.9. The summed E-state index contributed by atoms with van der Waals surface area (Å²) in [5.74, 6) is -7.07. The van der Waals surface area contributed by atoms with Crippen molar-refractivity contribution in [3.05, 3.63) is 72.1 Å². The van der Waals surface area contributed by atoms with Crippen LogP contribution in [-0.2, 0) is 56.0 Å². The lowest BCUT2D eigenvalue weighted by molar-refractivity contribution is -0.143. The number of amides is 9. The van der Waals surface area contributed by atoms with Crippen LogP contribution in [0.15, 0.2) is 60.9 Å². The zero-order valence-electron chi connectivity index (χ0n) is 37.5. The van der Waals surface area contributed by atoms with Crippen LogP contribution in [0.25, 0.3) is 21.8 Å². The maximum Gasteiger partial charge on any atom is 0.246 e. The van der Waals surface area contributed by atoms with Gasteiger partial charge in [0.1, 0.15) is 42.3 Å². The minimum atomic E-state index is -1.45. The largest absolute Gasteiger partial charge is 0.391 e. The van der Waals surface area contributed by atoms with Gasteiger partial charge in [0.05, 0.1) is 12.6 Å². The summed E-state index contributed by atoms with van der Waals surface area (Å²) in [4.78, 5) is 130. The van der Waals surface area contributed by atoms with Gasteiger partial charge in [0.2, 0.25) is 53.2 Å². The molecule has 24 heteroatoms. The van der Waals surface area contributed by atoms with Crippen LogP contribution in [0.3, 0.4) is 0 Å². The number of rotatable bonds is 22. The molecule has 2 aliphatic rings. The number of nitrogens with zero attached hydrogens (tertiary/aromatic N) is 2. The van der Waals surface area contributed by atoms with Crippen molar-refractivity contribution in [2.45, 2.75) is 93.3 Å². The average molecular weight is 991 g/mol. The number of carbonyl (C=O) groups excluding carboxylic acids is 9. The summed E-state index contributed by atoms with van der Waals surface area (Å²) in [5, 5.41) is 25.4. The van der Waals surface area contributed by atoms with E-state index >= 15 is 0 Å². The van der Waals surface area contributed by atoms with E-state index in [1.165, 1.54) is 4.90 Å². The highest BCUT2D eigenvalue weighted by Crippen LogP contribution is 2.25. The number of likely N-dealkylation sites (tertiary alicyclic amines) is 2. The third-order valence-corrected chi connectivity index (χ3v) is 13.0. The molecule has 2 aliphatic heterocycles. The molecule has 2 aromatic carbocycles. The van der Waals surface area contributed by atoms with Gasteiger partial charge < -0.3 is 68.7 Å². The van der Waals surface area contributed by atoms with Gasteiger partial charge in [0.15, 0.2) is 0 Å². The molecule has 69 heavy (non-hydrogen) atoms. The van der Waals surface area contributed by atoms with Gasteiger partial charge in [-0.15, -0.1) is 0 Å². The van der Waals surface area contributed by atoms with E-state index in [9.17, 15) is 48.3 Å². The number of aromatic nitrogens is 2. The second-order valence-electron chi connectivity index (χ2n) is 17.1. The van der Waals surface area contributed by atoms with E-state index in [-0.39, 0.29) is 63.1 Å². The third kappa shape index (κ3) is 12.7. The average Bonchev–Trinajstić information content (AvgIpc) is 4.16. The van der Waals surface area contributed by atoms with Crippen LogP contribution in [0, 0.1) is 0 Å². The lowest BCUT2D eigenvalue weighted by Gasteiger charge is -2.31. The highest BCUT2D eigenvalue weighted by Gasteiger charge is 2.44. The molecule has 6 rings (SSSR count). The van der Waals surface area contributed by atoms with Gasteiger partial charge in [0.25, 0.3) is 0 Å². The van der Waals surface area contributed by atoms with Crippen molar-refractivity contribution in [3.8, 4) is 0 Å². The molecule has 0 saturated carbocycles. The highest BCUT2D eigenvalue weighted by atomic mass is 32.1. The molecule has 8 atom stereocenters. The van der Waals surface area contributed by atoms with Crippen LogP contribution in [-0.4, -0.2) is 158 Å². The molecule has 2 aromatic heterocycles. The van der Waals surface area contributed by atoms with Crippen LogP contribution < -0.4 is 43.8 Å². The number of aliphatic hydroxyl groups excluding tert-OH is 1. The van der Waals surface area contributed by atoms with Gasteiger partial charge in [-0.2, -0.15) is 25.3 Å². The second kappa shape index (κ2) is 23.6. The number of para-hydroxylation sites is 2. The number of carbonyl (C=O) groups is 9. The number of hydrogen-bond acceptors (Lipinski definition) is 13. The maximum atomic E-state index is 14.6. The summed E-state index contributed by atoms with van der Waals surface area (Å²) >= 11 is 8.32. The molecule has 9 amide bonds. The molecule has 14 N–H and O–H groups in total. The Morgan fingerprint density at radius 3 is 1.72 bits per heavy atom. The van der Waals surface area contributed by atoms with Crippen molar-refractivity contribution in [2.24, 2.45) is 17.2 Å². The first-order valence-electron chi connectivity index (χ1n) is 22.4. The highest BCUT2D eigenvalue weighted by molar-refractivity contribution is 7.80. The quantitative estimate of drug-likeness (QED) is 0.0362. The molecule has 4 heterocycles. The molecular formula is C45H58N12O10S2. The van der Waals surface area contributed by atoms with Crippen molar-refractivity contribution >= 4 is 100 Å². The van der Waals surface area contributed by atoms with E-state index in [1.54, 1.807) is 18.5 Å². The minimum absolute atomic E-state index is 0.0203. The fourth-order valence-corrected chi connectivity index (χ4v) is 9.26. The number of aromatic amines is 2. The summed E-state index contributed by atoms with van der Waals surface area (Å²) in [6.07, 6.45) is 1.75. The lowest BCUT2D eigenvalue weighted by Crippen LogP contribution is -2.60. The second-order valence-corrected chi connectivity index (χ2v) is 17.8. The molecule has 370 valence electrons. The van der Waals surface area contributed by atoms with Crippen LogP contribution in [0.5, 0.6) is 0 Å². The number of nitrogens with two attached hydrogens (primary N) is 3. The van der Waals surface area contributed by atoms with E-state index in [4.69, 9.17) is 17.2 Å². The molecule has 0 radical (unpaired) electrons. The maximum absolute atomic E-state index is 14.6. The van der Waals surface area contributed by atoms with Crippen molar-refractivity contribution in [3.63, 3.8) is 0 Å².